The lowest BCUT2D eigenvalue weighted by Crippen LogP contribution is -2.69. The number of halogens is 6. The van der Waals surface area contributed by atoms with Crippen LogP contribution in [0.25, 0.3) is 10.9 Å². The number of fused-ring (bicyclic) bond motifs is 1. The maximum Gasteiger partial charge on any atom is 0.491 e. The number of piperazine rings is 1. The number of carbonyl (C=O) groups excluding carboxylic acids is 3. The number of para-hydroxylation sites is 1. The number of aryl methyl sites for hydroxylation is 2. The van der Waals surface area contributed by atoms with Gasteiger partial charge in [0, 0.05) is 42.1 Å². The van der Waals surface area contributed by atoms with E-state index < -0.39 is 55.2 Å². The lowest BCUT2D eigenvalue weighted by atomic mass is 9.84. The van der Waals surface area contributed by atoms with E-state index in [0.717, 1.165) is 12.8 Å². The minimum atomic E-state index is -5.68. The van der Waals surface area contributed by atoms with Crippen molar-refractivity contribution in [2.75, 3.05) is 32.7 Å². The number of hydrogen-bond acceptors (Lipinski definition) is 7. The SMILES string of the molecule is Cc1cccc(C)c1C1CCN(Cc2c(C(=O)N3CCN(C(C)C)CC3(OC(=O)C(F)(F)F)OC(=O)C(F)(F)F)[nH]c3ccccc23)CC1. The van der Waals surface area contributed by atoms with Crippen LogP contribution < -0.4 is 0 Å². The van der Waals surface area contributed by atoms with Crippen LogP contribution in [-0.4, -0.2) is 94.6 Å². The monoisotopic (exact) mass is 696 g/mol. The number of hydrogen-bond donors (Lipinski definition) is 1. The molecule has 0 aliphatic carbocycles. The quantitative estimate of drug-likeness (QED) is 0.179. The van der Waals surface area contributed by atoms with Crippen molar-refractivity contribution in [3.63, 3.8) is 0 Å². The van der Waals surface area contributed by atoms with E-state index in [4.69, 9.17) is 0 Å². The molecule has 2 aliphatic rings. The summed E-state index contributed by atoms with van der Waals surface area (Å²) in [5.41, 5.74) is 4.55. The number of aromatic amines is 1. The molecule has 0 saturated carbocycles. The summed E-state index contributed by atoms with van der Waals surface area (Å²) in [6.45, 7) is 7.40. The first kappa shape index (κ1) is 36.2. The Morgan fingerprint density at radius 3 is 1.98 bits per heavy atom. The molecule has 0 radical (unpaired) electrons. The number of rotatable bonds is 7. The molecule has 0 spiro atoms. The fraction of sp³-hybridized carbons (Fsp3) is 0.500. The summed E-state index contributed by atoms with van der Waals surface area (Å²) in [6.07, 6.45) is -9.69. The van der Waals surface area contributed by atoms with Gasteiger partial charge in [-0.2, -0.15) is 26.3 Å². The van der Waals surface area contributed by atoms with E-state index in [0.29, 0.717) is 40.4 Å². The molecule has 2 fully saturated rings. The van der Waals surface area contributed by atoms with Gasteiger partial charge < -0.3 is 14.5 Å². The standard InChI is InChI=1S/C34H38F6N4O5/c1-20(2)43-16-17-44(32(19-43,48-30(46)33(35,36)37)49-31(47)34(38,39)40)29(45)28-25(24-10-5-6-11-26(24)41-28)18-42-14-12-23(13-15-42)27-21(3)8-7-9-22(27)4/h5-11,20,23,41H,12-19H2,1-4H3. The van der Waals surface area contributed by atoms with Crippen LogP contribution in [0.15, 0.2) is 42.5 Å². The van der Waals surface area contributed by atoms with Gasteiger partial charge in [-0.1, -0.05) is 36.4 Å². The van der Waals surface area contributed by atoms with Crippen LogP contribution in [0, 0.1) is 13.8 Å². The number of benzene rings is 2. The Morgan fingerprint density at radius 1 is 0.857 bits per heavy atom. The lowest BCUT2D eigenvalue weighted by Gasteiger charge is -2.48. The number of alkyl halides is 6. The number of ether oxygens (including phenoxy) is 2. The highest BCUT2D eigenvalue weighted by atomic mass is 19.4. The second-order valence-electron chi connectivity index (χ2n) is 12.9. The molecule has 2 aromatic carbocycles. The average molecular weight is 697 g/mol. The molecule has 1 N–H and O–H groups in total. The van der Waals surface area contributed by atoms with Crippen LogP contribution in [-0.2, 0) is 25.6 Å². The van der Waals surface area contributed by atoms with Gasteiger partial charge in [0.1, 0.15) is 5.69 Å². The molecular weight excluding hydrogens is 658 g/mol. The van der Waals surface area contributed by atoms with Crippen molar-refractivity contribution < 1.29 is 50.2 Å². The van der Waals surface area contributed by atoms with E-state index in [1.807, 2.05) is 6.07 Å². The maximum atomic E-state index is 14.4. The number of likely N-dealkylation sites (tertiary alicyclic amines) is 1. The van der Waals surface area contributed by atoms with Gasteiger partial charge >= 0.3 is 30.2 Å². The number of nitrogens with zero attached hydrogens (tertiary/aromatic N) is 3. The third-order valence-corrected chi connectivity index (χ3v) is 9.31. The van der Waals surface area contributed by atoms with Crippen molar-refractivity contribution >= 4 is 28.7 Å². The third-order valence-electron chi connectivity index (χ3n) is 9.31. The van der Waals surface area contributed by atoms with E-state index in [9.17, 15) is 40.7 Å². The van der Waals surface area contributed by atoms with E-state index in [1.54, 1.807) is 38.1 Å². The average Bonchev–Trinajstić information content (AvgIpc) is 3.38. The topological polar surface area (TPSA) is 95.2 Å². The van der Waals surface area contributed by atoms with Crippen LogP contribution in [0.3, 0.4) is 0 Å². The lowest BCUT2D eigenvalue weighted by molar-refractivity contribution is -0.319. The van der Waals surface area contributed by atoms with Crippen LogP contribution in [0.4, 0.5) is 26.3 Å². The Labute approximate surface area is 279 Å². The number of piperidine rings is 1. The number of amides is 1. The summed E-state index contributed by atoms with van der Waals surface area (Å²) in [7, 11) is 0. The second-order valence-corrected chi connectivity index (χ2v) is 12.9. The molecule has 1 amide bonds. The number of nitrogens with one attached hydrogen (secondary N) is 1. The molecule has 0 unspecified atom stereocenters. The van der Waals surface area contributed by atoms with Crippen LogP contribution in [0.5, 0.6) is 0 Å². The fourth-order valence-corrected chi connectivity index (χ4v) is 6.87. The molecule has 3 aromatic rings. The van der Waals surface area contributed by atoms with Crippen molar-refractivity contribution in [1.29, 1.82) is 0 Å². The summed E-state index contributed by atoms with van der Waals surface area (Å²) in [5, 5.41) is 0.619. The number of carbonyl (C=O) groups is 3. The highest BCUT2D eigenvalue weighted by Crippen LogP contribution is 2.37. The zero-order valence-electron chi connectivity index (χ0n) is 27.5. The van der Waals surface area contributed by atoms with Gasteiger partial charge in [-0.3, -0.25) is 19.5 Å². The van der Waals surface area contributed by atoms with Gasteiger partial charge in [0.2, 0.25) is 0 Å². The van der Waals surface area contributed by atoms with E-state index >= 15 is 0 Å². The van der Waals surface area contributed by atoms with Crippen LogP contribution in [0.2, 0.25) is 0 Å². The molecule has 2 aliphatic heterocycles. The Morgan fingerprint density at radius 2 is 1.43 bits per heavy atom. The molecule has 5 rings (SSSR count). The summed E-state index contributed by atoms with van der Waals surface area (Å²) in [4.78, 5) is 45.8. The predicted octanol–water partition coefficient (Wildman–Crippen LogP) is 6.20. The van der Waals surface area contributed by atoms with Crippen molar-refractivity contribution in [2.24, 2.45) is 0 Å². The van der Waals surface area contributed by atoms with E-state index in [1.165, 1.54) is 21.6 Å². The van der Waals surface area contributed by atoms with Crippen LogP contribution in [0.1, 0.15) is 65.3 Å². The molecule has 2 saturated heterocycles. The largest absolute Gasteiger partial charge is 0.491 e. The molecule has 49 heavy (non-hydrogen) atoms. The first-order chi connectivity index (χ1) is 22.9. The molecule has 3 heterocycles. The minimum absolute atomic E-state index is 0.0281. The molecule has 9 nitrogen and oxygen atoms in total. The first-order valence-corrected chi connectivity index (χ1v) is 16.0. The first-order valence-electron chi connectivity index (χ1n) is 16.0. The predicted molar refractivity (Wildman–Crippen MR) is 166 cm³/mol. The summed E-state index contributed by atoms with van der Waals surface area (Å²) in [5.74, 6) is -10.0. The summed E-state index contributed by atoms with van der Waals surface area (Å²) < 4.78 is 90.4. The number of H-pyrrole nitrogens is 1. The molecule has 0 bridgehead atoms. The Bertz CT molecular complexity index is 1660. The zero-order valence-corrected chi connectivity index (χ0v) is 27.5. The number of aromatic nitrogens is 1. The summed E-state index contributed by atoms with van der Waals surface area (Å²) >= 11 is 0. The minimum Gasteiger partial charge on any atom is -0.395 e. The Kier molecular flexibility index (Phi) is 10.1. The molecule has 1 aromatic heterocycles. The van der Waals surface area contributed by atoms with Crippen molar-refractivity contribution in [2.45, 2.75) is 77.3 Å². The van der Waals surface area contributed by atoms with E-state index in [-0.39, 0.29) is 18.8 Å². The molecule has 0 atom stereocenters. The maximum absolute atomic E-state index is 14.4. The van der Waals surface area contributed by atoms with Gasteiger partial charge in [0.25, 0.3) is 5.91 Å². The van der Waals surface area contributed by atoms with Gasteiger partial charge in [0.05, 0.1) is 6.54 Å². The van der Waals surface area contributed by atoms with Crippen molar-refractivity contribution in [3.05, 3.63) is 70.4 Å². The molecular formula is C34H38F6N4O5. The van der Waals surface area contributed by atoms with Crippen molar-refractivity contribution in [1.82, 2.24) is 19.7 Å². The van der Waals surface area contributed by atoms with Gasteiger partial charge in [-0.15, -0.1) is 0 Å². The van der Waals surface area contributed by atoms with Crippen LogP contribution >= 0.6 is 0 Å². The van der Waals surface area contributed by atoms with Gasteiger partial charge in [-0.05, 0) is 82.3 Å². The Balaban J connectivity index is 1.51. The fourth-order valence-electron chi connectivity index (χ4n) is 6.87. The van der Waals surface area contributed by atoms with Gasteiger partial charge in [-0.25, -0.2) is 9.59 Å². The molecule has 266 valence electrons. The molecule has 15 heteroatoms. The van der Waals surface area contributed by atoms with Crippen molar-refractivity contribution in [3.8, 4) is 0 Å². The second kappa shape index (κ2) is 13.7. The highest BCUT2D eigenvalue weighted by Gasteiger charge is 2.59. The zero-order chi connectivity index (χ0) is 35.9. The number of esters is 2. The smallest absolute Gasteiger partial charge is 0.395 e. The van der Waals surface area contributed by atoms with E-state index in [2.05, 4.69) is 45.3 Å². The summed E-state index contributed by atoms with van der Waals surface area (Å²) in [6, 6.07) is 12.6. The third kappa shape index (κ3) is 7.57. The van der Waals surface area contributed by atoms with Gasteiger partial charge in [0.15, 0.2) is 0 Å². The Hall–Kier alpha value is -4.11. The highest BCUT2D eigenvalue weighted by molar-refractivity contribution is 6.01. The normalized spacial score (nSPS) is 18.2.